The Balaban J connectivity index is 1.34. The molecule has 2 atom stereocenters. The predicted octanol–water partition coefficient (Wildman–Crippen LogP) is 7.03. The highest BCUT2D eigenvalue weighted by Crippen LogP contribution is 2.43. The maximum Gasteiger partial charge on any atom is 0.317 e. The molecule has 4 aliphatic rings. The first-order valence-corrected chi connectivity index (χ1v) is 16.5. The third-order valence-electron chi connectivity index (χ3n) is 10.2. The fraction of sp³-hybridized carbons (Fsp3) is 0.939. The number of piperidine rings is 2. The third-order valence-corrected chi connectivity index (χ3v) is 10.2. The molecule has 2 unspecified atom stereocenters. The van der Waals surface area contributed by atoms with E-state index in [-0.39, 0.29) is 41.9 Å². The summed E-state index contributed by atoms with van der Waals surface area (Å²) in [5.74, 6) is -1.07. The second-order valence-electron chi connectivity index (χ2n) is 15.5. The monoisotopic (exact) mass is 578 g/mol. The largest absolute Gasteiger partial charge is 0.460 e. The van der Waals surface area contributed by atoms with Crippen molar-refractivity contribution in [3.63, 3.8) is 0 Å². The smallest absolute Gasteiger partial charge is 0.317 e. The minimum Gasteiger partial charge on any atom is -0.460 e. The molecule has 0 amide bonds. The van der Waals surface area contributed by atoms with Gasteiger partial charge in [0.2, 0.25) is 0 Å². The van der Waals surface area contributed by atoms with Crippen molar-refractivity contribution in [2.75, 3.05) is 0 Å². The van der Waals surface area contributed by atoms with Crippen molar-refractivity contribution < 1.29 is 28.7 Å². The first-order valence-electron chi connectivity index (χ1n) is 16.5. The van der Waals surface area contributed by atoms with Crippen LogP contribution in [0.4, 0.5) is 0 Å². The van der Waals surface area contributed by atoms with E-state index in [4.69, 9.17) is 19.1 Å². The van der Waals surface area contributed by atoms with Gasteiger partial charge in [0.05, 0.1) is 23.3 Å². The van der Waals surface area contributed by atoms with Crippen molar-refractivity contribution in [3.8, 4) is 0 Å². The Hall–Kier alpha value is -1.22. The fourth-order valence-electron chi connectivity index (χ4n) is 7.82. The van der Waals surface area contributed by atoms with Gasteiger partial charge in [-0.1, -0.05) is 38.5 Å². The maximum atomic E-state index is 13.1. The zero-order valence-electron chi connectivity index (χ0n) is 27.3. The van der Waals surface area contributed by atoms with Crippen molar-refractivity contribution >= 4 is 11.9 Å². The molecule has 0 N–H and O–H groups in total. The first-order chi connectivity index (χ1) is 19.1. The number of rotatable bonds is 8. The molecule has 0 radical (unpaired) electrons. The second kappa shape index (κ2) is 12.8. The molecule has 8 nitrogen and oxygen atoms in total. The average molecular weight is 579 g/mol. The molecule has 0 aromatic carbocycles. The van der Waals surface area contributed by atoms with E-state index >= 15 is 0 Å². The van der Waals surface area contributed by atoms with Crippen LogP contribution in [0.5, 0.6) is 0 Å². The maximum absolute atomic E-state index is 13.1. The lowest BCUT2D eigenvalue weighted by molar-refractivity contribution is -0.327. The van der Waals surface area contributed by atoms with Crippen LogP contribution in [0.25, 0.3) is 0 Å². The van der Waals surface area contributed by atoms with E-state index in [1.54, 1.807) is 0 Å². The lowest BCUT2D eigenvalue weighted by Crippen LogP contribution is -2.66. The summed E-state index contributed by atoms with van der Waals surface area (Å²) in [6.07, 6.45) is 14.0. The Morgan fingerprint density at radius 1 is 0.561 bits per heavy atom. The van der Waals surface area contributed by atoms with Crippen LogP contribution >= 0.6 is 0 Å². The molecule has 2 heterocycles. The number of hydrogen-bond donors (Lipinski definition) is 0. The summed E-state index contributed by atoms with van der Waals surface area (Å²) < 4.78 is 12.0. The summed E-state index contributed by atoms with van der Waals surface area (Å²) >= 11 is 0. The number of hydrogen-bond acceptors (Lipinski definition) is 8. The number of carbonyl (C=O) groups excluding carboxylic acids is 2. The quantitative estimate of drug-likeness (QED) is 0.224. The minimum atomic E-state index is -0.533. The Bertz CT molecular complexity index is 831. The molecule has 0 spiro atoms. The van der Waals surface area contributed by atoms with E-state index in [0.29, 0.717) is 0 Å². The Labute approximate surface area is 249 Å². The predicted molar refractivity (Wildman–Crippen MR) is 159 cm³/mol. The van der Waals surface area contributed by atoms with Crippen molar-refractivity contribution in [2.24, 2.45) is 0 Å². The molecule has 236 valence electrons. The molecule has 2 saturated carbocycles. The van der Waals surface area contributed by atoms with Crippen LogP contribution in [0.3, 0.4) is 0 Å². The van der Waals surface area contributed by atoms with E-state index in [0.717, 1.165) is 51.4 Å². The molecular weight excluding hydrogens is 520 g/mol. The molecular formula is C33H58N2O6. The molecule has 0 bridgehead atoms. The molecule has 0 aromatic rings. The van der Waals surface area contributed by atoms with Crippen LogP contribution in [0.15, 0.2) is 0 Å². The standard InChI is InChI=1S/C33H58N2O6/c1-30(2)21-19-26(32(5,6)34(30)40-24-15-11-9-12-16-24)38-28(36)23-29(37)39-27-20-22-31(3,4)35(33(27,7)8)41-25-17-13-10-14-18-25/h24-27H,9-23H2,1-8H3. The normalized spacial score (nSPS) is 30.9. The van der Waals surface area contributed by atoms with Crippen LogP contribution in [-0.2, 0) is 28.7 Å². The summed E-state index contributed by atoms with van der Waals surface area (Å²) in [6.45, 7) is 17.1. The van der Waals surface area contributed by atoms with Crippen LogP contribution in [-0.4, -0.2) is 68.6 Å². The van der Waals surface area contributed by atoms with E-state index in [2.05, 4.69) is 65.5 Å². The zero-order valence-corrected chi connectivity index (χ0v) is 27.3. The molecule has 2 saturated heterocycles. The zero-order chi connectivity index (χ0) is 30.1. The minimum absolute atomic E-state index is 0.172. The molecule has 41 heavy (non-hydrogen) atoms. The Morgan fingerprint density at radius 3 is 1.24 bits per heavy atom. The first kappa shape index (κ1) is 32.7. The average Bonchev–Trinajstić information content (AvgIpc) is 2.89. The van der Waals surface area contributed by atoms with Gasteiger partial charge in [0.1, 0.15) is 18.6 Å². The van der Waals surface area contributed by atoms with Crippen molar-refractivity contribution in [1.82, 2.24) is 10.1 Å². The van der Waals surface area contributed by atoms with Gasteiger partial charge >= 0.3 is 11.9 Å². The highest BCUT2D eigenvalue weighted by atomic mass is 16.7. The van der Waals surface area contributed by atoms with Gasteiger partial charge in [-0.3, -0.25) is 19.3 Å². The Morgan fingerprint density at radius 2 is 0.902 bits per heavy atom. The highest BCUT2D eigenvalue weighted by molar-refractivity contribution is 5.91. The molecule has 4 fully saturated rings. The van der Waals surface area contributed by atoms with Crippen LogP contribution in [0, 0.1) is 0 Å². The van der Waals surface area contributed by atoms with Gasteiger partial charge in [0.25, 0.3) is 0 Å². The van der Waals surface area contributed by atoms with E-state index < -0.39 is 23.0 Å². The van der Waals surface area contributed by atoms with Crippen LogP contribution < -0.4 is 0 Å². The van der Waals surface area contributed by atoms with Crippen LogP contribution in [0.1, 0.15) is 152 Å². The Kier molecular flexibility index (Phi) is 10.2. The summed E-state index contributed by atoms with van der Waals surface area (Å²) in [5, 5.41) is 4.17. The number of ether oxygens (including phenoxy) is 2. The molecule has 2 aliphatic heterocycles. The van der Waals surface area contributed by atoms with Crippen molar-refractivity contribution in [3.05, 3.63) is 0 Å². The SMILES string of the molecule is CC1(C)CCC(OC(=O)CC(=O)OC2CCC(C)(C)N(OC3CCCCC3)C2(C)C)C(C)(C)N1OC1CCCCC1. The fourth-order valence-corrected chi connectivity index (χ4v) is 7.82. The lowest BCUT2D eigenvalue weighted by Gasteiger charge is -2.55. The second-order valence-corrected chi connectivity index (χ2v) is 15.5. The van der Waals surface area contributed by atoms with Gasteiger partial charge in [0.15, 0.2) is 0 Å². The summed E-state index contributed by atoms with van der Waals surface area (Å²) in [4.78, 5) is 39.4. The van der Waals surface area contributed by atoms with Gasteiger partial charge in [-0.05, 0) is 107 Å². The highest BCUT2D eigenvalue weighted by Gasteiger charge is 2.52. The van der Waals surface area contributed by atoms with E-state index in [1.807, 2.05) is 0 Å². The summed E-state index contributed by atoms with van der Waals surface area (Å²) in [5.41, 5.74) is -1.39. The van der Waals surface area contributed by atoms with Gasteiger partial charge < -0.3 is 9.47 Å². The third kappa shape index (κ3) is 7.66. The molecule has 8 heteroatoms. The summed E-state index contributed by atoms with van der Waals surface area (Å²) in [6, 6.07) is 0. The number of carbonyl (C=O) groups is 2. The summed E-state index contributed by atoms with van der Waals surface area (Å²) in [7, 11) is 0. The number of hydroxylamine groups is 4. The topological polar surface area (TPSA) is 77.5 Å². The number of nitrogens with zero attached hydrogens (tertiary/aromatic N) is 2. The van der Waals surface area contributed by atoms with Gasteiger partial charge in [-0.25, -0.2) is 0 Å². The molecule has 2 aliphatic carbocycles. The molecule has 0 aromatic heterocycles. The van der Waals surface area contributed by atoms with Crippen molar-refractivity contribution in [1.29, 1.82) is 0 Å². The van der Waals surface area contributed by atoms with E-state index in [1.165, 1.54) is 38.5 Å². The lowest BCUT2D eigenvalue weighted by atomic mass is 9.79. The van der Waals surface area contributed by atoms with Gasteiger partial charge in [0, 0.05) is 11.1 Å². The molecule has 4 rings (SSSR count). The van der Waals surface area contributed by atoms with Crippen molar-refractivity contribution in [2.45, 2.75) is 198 Å². The van der Waals surface area contributed by atoms with Gasteiger partial charge in [-0.15, -0.1) is 0 Å². The van der Waals surface area contributed by atoms with Gasteiger partial charge in [-0.2, -0.15) is 10.1 Å². The van der Waals surface area contributed by atoms with Crippen LogP contribution in [0.2, 0.25) is 0 Å². The van der Waals surface area contributed by atoms with E-state index in [9.17, 15) is 9.59 Å². The number of esters is 2.